The molecule has 4 nitrogen and oxygen atoms in total. The summed E-state index contributed by atoms with van der Waals surface area (Å²) in [7, 11) is 0. The molecule has 0 bridgehead atoms. The topological polar surface area (TPSA) is 67.5 Å². The molecule has 0 amide bonds. The SMILES string of the molecule is O=C(O)c1cccc(-c2cc(=O)c3cc(Cl)c(Cl)cc3o2)c1. The molecule has 0 aliphatic heterocycles. The maximum absolute atomic E-state index is 12.2. The third kappa shape index (κ3) is 2.58. The molecule has 0 radical (unpaired) electrons. The van der Waals surface area contributed by atoms with Crippen LogP contribution in [0.4, 0.5) is 0 Å². The summed E-state index contributed by atoms with van der Waals surface area (Å²) >= 11 is 11.8. The highest BCUT2D eigenvalue weighted by Crippen LogP contribution is 2.29. The Kier molecular flexibility index (Phi) is 3.64. The van der Waals surface area contributed by atoms with Crippen molar-refractivity contribution in [1.29, 1.82) is 0 Å². The van der Waals surface area contributed by atoms with Gasteiger partial charge in [-0.25, -0.2) is 4.79 Å². The number of carbonyl (C=O) groups is 1. The van der Waals surface area contributed by atoms with Crippen molar-refractivity contribution in [2.75, 3.05) is 0 Å². The molecule has 0 fully saturated rings. The Morgan fingerprint density at radius 1 is 1.05 bits per heavy atom. The molecule has 22 heavy (non-hydrogen) atoms. The van der Waals surface area contributed by atoms with Crippen LogP contribution in [0, 0.1) is 0 Å². The molecule has 1 aromatic heterocycles. The number of carboxylic acid groups (broad SMARTS) is 1. The van der Waals surface area contributed by atoms with E-state index in [1.165, 1.54) is 30.3 Å². The molecule has 0 unspecified atom stereocenters. The van der Waals surface area contributed by atoms with Gasteiger partial charge >= 0.3 is 5.97 Å². The minimum Gasteiger partial charge on any atom is -0.478 e. The molecule has 1 heterocycles. The summed E-state index contributed by atoms with van der Waals surface area (Å²) in [6.45, 7) is 0. The minimum atomic E-state index is -1.06. The third-order valence-corrected chi connectivity index (χ3v) is 3.89. The van der Waals surface area contributed by atoms with Crippen molar-refractivity contribution in [3.63, 3.8) is 0 Å². The van der Waals surface area contributed by atoms with Crippen LogP contribution in [-0.2, 0) is 0 Å². The zero-order chi connectivity index (χ0) is 15.9. The summed E-state index contributed by atoms with van der Waals surface area (Å²) in [6.07, 6.45) is 0. The Morgan fingerprint density at radius 2 is 1.77 bits per heavy atom. The first kappa shape index (κ1) is 14.6. The van der Waals surface area contributed by atoms with Crippen molar-refractivity contribution in [3.8, 4) is 11.3 Å². The largest absolute Gasteiger partial charge is 0.478 e. The Hall–Kier alpha value is -2.30. The molecule has 0 spiro atoms. The molecule has 3 rings (SSSR count). The lowest BCUT2D eigenvalue weighted by Crippen LogP contribution is -2.01. The predicted molar refractivity (Wildman–Crippen MR) is 84.9 cm³/mol. The number of aromatic carboxylic acids is 1. The standard InChI is InChI=1S/C16H8Cl2O4/c17-11-5-10-13(19)7-14(22-15(10)6-12(11)18)8-2-1-3-9(4-8)16(20)21/h1-7H,(H,20,21). The summed E-state index contributed by atoms with van der Waals surface area (Å²) in [4.78, 5) is 23.2. The lowest BCUT2D eigenvalue weighted by atomic mass is 10.1. The highest BCUT2D eigenvalue weighted by atomic mass is 35.5. The van der Waals surface area contributed by atoms with E-state index in [0.29, 0.717) is 10.9 Å². The molecule has 1 N–H and O–H groups in total. The van der Waals surface area contributed by atoms with Gasteiger partial charge in [0, 0.05) is 17.7 Å². The Morgan fingerprint density at radius 3 is 2.50 bits per heavy atom. The van der Waals surface area contributed by atoms with Crippen LogP contribution in [0.15, 0.2) is 51.7 Å². The Labute approximate surface area is 134 Å². The molecule has 0 atom stereocenters. The molecular weight excluding hydrogens is 327 g/mol. The van der Waals surface area contributed by atoms with Gasteiger partial charge in [0.05, 0.1) is 21.0 Å². The number of fused-ring (bicyclic) bond motifs is 1. The average molecular weight is 335 g/mol. The molecular formula is C16H8Cl2O4. The predicted octanol–water partition coefficient (Wildman–Crippen LogP) is 4.47. The van der Waals surface area contributed by atoms with Crippen LogP contribution in [-0.4, -0.2) is 11.1 Å². The van der Waals surface area contributed by atoms with Gasteiger partial charge in [-0.15, -0.1) is 0 Å². The van der Waals surface area contributed by atoms with Crippen LogP contribution in [0.25, 0.3) is 22.3 Å². The summed E-state index contributed by atoms with van der Waals surface area (Å²) in [5.41, 5.74) is 0.604. The fraction of sp³-hybridized carbons (Fsp3) is 0. The van der Waals surface area contributed by atoms with Crippen molar-refractivity contribution in [2.45, 2.75) is 0 Å². The van der Waals surface area contributed by atoms with E-state index in [2.05, 4.69) is 0 Å². The smallest absolute Gasteiger partial charge is 0.335 e. The van der Waals surface area contributed by atoms with E-state index in [0.717, 1.165) is 0 Å². The van der Waals surface area contributed by atoms with Gasteiger partial charge in [0.2, 0.25) is 0 Å². The van der Waals surface area contributed by atoms with E-state index >= 15 is 0 Å². The van der Waals surface area contributed by atoms with Crippen LogP contribution < -0.4 is 5.43 Å². The summed E-state index contributed by atoms with van der Waals surface area (Å²) < 4.78 is 5.66. The minimum absolute atomic E-state index is 0.106. The highest BCUT2D eigenvalue weighted by molar-refractivity contribution is 6.42. The van der Waals surface area contributed by atoms with E-state index < -0.39 is 5.97 Å². The molecule has 2 aromatic carbocycles. The molecule has 6 heteroatoms. The molecule has 0 aliphatic rings. The van der Waals surface area contributed by atoms with Crippen molar-refractivity contribution in [1.82, 2.24) is 0 Å². The van der Waals surface area contributed by atoms with Gasteiger partial charge < -0.3 is 9.52 Å². The van der Waals surface area contributed by atoms with E-state index in [1.807, 2.05) is 0 Å². The fourth-order valence-electron chi connectivity index (χ4n) is 2.10. The van der Waals surface area contributed by atoms with Gasteiger partial charge in [-0.05, 0) is 18.2 Å². The molecule has 0 aliphatic carbocycles. The molecule has 0 saturated carbocycles. The van der Waals surface area contributed by atoms with Crippen molar-refractivity contribution < 1.29 is 14.3 Å². The lowest BCUT2D eigenvalue weighted by Gasteiger charge is -2.05. The average Bonchev–Trinajstić information content (AvgIpc) is 2.49. The first-order valence-corrected chi connectivity index (χ1v) is 6.98. The van der Waals surface area contributed by atoms with Crippen molar-refractivity contribution >= 4 is 40.1 Å². The first-order valence-electron chi connectivity index (χ1n) is 6.22. The normalized spacial score (nSPS) is 10.8. The van der Waals surface area contributed by atoms with Gasteiger partial charge in [-0.2, -0.15) is 0 Å². The number of rotatable bonds is 2. The maximum atomic E-state index is 12.2. The van der Waals surface area contributed by atoms with Crippen LogP contribution >= 0.6 is 23.2 Å². The second kappa shape index (κ2) is 5.48. The Balaban J connectivity index is 2.24. The van der Waals surface area contributed by atoms with Gasteiger partial charge in [0.1, 0.15) is 11.3 Å². The quantitative estimate of drug-likeness (QED) is 0.750. The van der Waals surface area contributed by atoms with Crippen molar-refractivity contribution in [2.24, 2.45) is 0 Å². The van der Waals surface area contributed by atoms with Crippen LogP contribution in [0.3, 0.4) is 0 Å². The third-order valence-electron chi connectivity index (χ3n) is 3.16. The lowest BCUT2D eigenvalue weighted by molar-refractivity contribution is 0.0697. The van der Waals surface area contributed by atoms with Crippen molar-refractivity contribution in [3.05, 3.63) is 68.3 Å². The number of carboxylic acids is 1. The second-order valence-electron chi connectivity index (χ2n) is 4.62. The van der Waals surface area contributed by atoms with Gasteiger partial charge in [-0.1, -0.05) is 35.3 Å². The van der Waals surface area contributed by atoms with Crippen LogP contribution in [0.2, 0.25) is 10.0 Å². The zero-order valence-electron chi connectivity index (χ0n) is 11.0. The zero-order valence-corrected chi connectivity index (χ0v) is 12.5. The van der Waals surface area contributed by atoms with Crippen LogP contribution in [0.5, 0.6) is 0 Å². The van der Waals surface area contributed by atoms with E-state index in [1.54, 1.807) is 12.1 Å². The maximum Gasteiger partial charge on any atom is 0.335 e. The fourth-order valence-corrected chi connectivity index (χ4v) is 2.42. The number of hydrogen-bond acceptors (Lipinski definition) is 3. The highest BCUT2D eigenvalue weighted by Gasteiger charge is 2.11. The molecule has 3 aromatic rings. The monoisotopic (exact) mass is 334 g/mol. The molecule has 110 valence electrons. The van der Waals surface area contributed by atoms with Gasteiger partial charge in [0.25, 0.3) is 0 Å². The van der Waals surface area contributed by atoms with Crippen LogP contribution in [0.1, 0.15) is 10.4 Å². The number of halogens is 2. The van der Waals surface area contributed by atoms with Gasteiger partial charge in [0.15, 0.2) is 5.43 Å². The van der Waals surface area contributed by atoms with E-state index in [9.17, 15) is 9.59 Å². The number of hydrogen-bond donors (Lipinski definition) is 1. The molecule has 0 saturated heterocycles. The van der Waals surface area contributed by atoms with Gasteiger partial charge in [-0.3, -0.25) is 4.79 Å². The van der Waals surface area contributed by atoms with E-state index in [4.69, 9.17) is 32.7 Å². The number of benzene rings is 2. The summed E-state index contributed by atoms with van der Waals surface area (Å²) in [5, 5.41) is 9.88. The second-order valence-corrected chi connectivity index (χ2v) is 5.44. The summed E-state index contributed by atoms with van der Waals surface area (Å²) in [6, 6.07) is 10.3. The summed E-state index contributed by atoms with van der Waals surface area (Å²) in [5.74, 6) is -0.793. The first-order chi connectivity index (χ1) is 10.5. The Bertz CT molecular complexity index is 960. The van der Waals surface area contributed by atoms with E-state index in [-0.39, 0.29) is 32.4 Å².